The van der Waals surface area contributed by atoms with Gasteiger partial charge in [0.2, 0.25) is 6.23 Å². The van der Waals surface area contributed by atoms with E-state index in [-0.39, 0.29) is 6.23 Å². The average Bonchev–Trinajstić information content (AvgIpc) is 2.74. The number of ether oxygens (including phenoxy) is 1. The first-order valence-corrected chi connectivity index (χ1v) is 8.52. The van der Waals surface area contributed by atoms with Crippen molar-refractivity contribution >= 4 is 19.5 Å². The molecule has 1 unspecified atom stereocenters. The fourth-order valence-corrected chi connectivity index (χ4v) is 1.76. The van der Waals surface area contributed by atoms with Gasteiger partial charge in [-0.15, -0.1) is 5.11 Å². The zero-order valence-electron chi connectivity index (χ0n) is 13.3. The minimum atomic E-state index is -10.7. The van der Waals surface area contributed by atoms with E-state index in [1.54, 1.807) is 0 Å². The molecule has 1 aromatic carbocycles. The number of hydrogen-bond acceptors (Lipinski definition) is 3. The zero-order chi connectivity index (χ0) is 18.8. The molecule has 24 heavy (non-hydrogen) atoms. The summed E-state index contributed by atoms with van der Waals surface area (Å²) in [5, 5.41) is 8.24. The van der Waals surface area contributed by atoms with Crippen LogP contribution < -0.4 is 0 Å². The summed E-state index contributed by atoms with van der Waals surface area (Å²) in [5.74, 6) is 0. The summed E-state index contributed by atoms with van der Waals surface area (Å²) in [6.45, 7) is 0. The molecule has 0 radical (unpaired) electrons. The molecular formula is C12H17F6N4OP. The van der Waals surface area contributed by atoms with Gasteiger partial charge in [-0.05, 0) is 6.07 Å². The summed E-state index contributed by atoms with van der Waals surface area (Å²) >= 11 is 0. The van der Waals surface area contributed by atoms with Gasteiger partial charge in [0.05, 0.1) is 33.9 Å². The van der Waals surface area contributed by atoms with E-state index in [0.717, 1.165) is 17.3 Å². The molecule has 0 saturated carbocycles. The van der Waals surface area contributed by atoms with Crippen LogP contribution >= 0.6 is 7.81 Å². The number of nitrogens with zero attached hydrogens (tertiary/aromatic N) is 4. The number of hydrogen-bond donors (Lipinski definition) is 0. The van der Waals surface area contributed by atoms with Gasteiger partial charge < -0.3 is 4.74 Å². The van der Waals surface area contributed by atoms with E-state index >= 15 is 0 Å². The summed E-state index contributed by atoms with van der Waals surface area (Å²) < 4.78 is 67.0. The topological polar surface area (TPSA) is 40.2 Å². The number of benzene rings is 1. The van der Waals surface area contributed by atoms with Crippen LogP contribution in [0.1, 0.15) is 11.8 Å². The SMILES string of the molecule is CN(C)C(OC1N=Nc2ccccc21)=[N+](C)C.F[P-](F)(F)(F)(F)F. The van der Waals surface area contributed by atoms with Crippen LogP contribution in [0.15, 0.2) is 34.5 Å². The molecule has 1 aromatic rings. The number of fused-ring (bicyclic) bond motifs is 1. The third kappa shape index (κ3) is 8.09. The Balaban J connectivity index is 0.000000351. The van der Waals surface area contributed by atoms with Crippen molar-refractivity contribution in [2.24, 2.45) is 10.2 Å². The van der Waals surface area contributed by atoms with Gasteiger partial charge in [-0.2, -0.15) is 5.11 Å². The maximum absolute atomic E-state index is 10.7. The van der Waals surface area contributed by atoms with Gasteiger partial charge >= 0.3 is 39.0 Å². The van der Waals surface area contributed by atoms with Crippen LogP contribution in [-0.4, -0.2) is 43.7 Å². The van der Waals surface area contributed by atoms with Gasteiger partial charge in [0.15, 0.2) is 0 Å². The second-order valence-electron chi connectivity index (χ2n) is 5.27. The van der Waals surface area contributed by atoms with Crippen molar-refractivity contribution < 1.29 is 34.5 Å². The molecule has 138 valence electrons. The van der Waals surface area contributed by atoms with E-state index in [0.29, 0.717) is 0 Å². The van der Waals surface area contributed by atoms with Gasteiger partial charge in [0.1, 0.15) is 0 Å². The fourth-order valence-electron chi connectivity index (χ4n) is 1.76. The summed E-state index contributed by atoms with van der Waals surface area (Å²) in [7, 11) is -2.91. The molecule has 2 rings (SSSR count). The van der Waals surface area contributed by atoms with Crippen molar-refractivity contribution in [2.45, 2.75) is 6.23 Å². The molecule has 0 fully saturated rings. The maximum atomic E-state index is 9.87. The first-order chi connectivity index (χ1) is 10.5. The molecule has 1 aliphatic heterocycles. The third-order valence-corrected chi connectivity index (χ3v) is 2.46. The van der Waals surface area contributed by atoms with E-state index in [1.165, 1.54) is 0 Å². The van der Waals surface area contributed by atoms with E-state index in [1.807, 2.05) is 61.9 Å². The van der Waals surface area contributed by atoms with E-state index in [4.69, 9.17) is 4.74 Å². The Labute approximate surface area is 134 Å². The normalized spacial score (nSPS) is 18.5. The average molecular weight is 378 g/mol. The van der Waals surface area contributed by atoms with E-state index < -0.39 is 7.81 Å². The van der Waals surface area contributed by atoms with Crippen LogP contribution in [0.2, 0.25) is 0 Å². The molecule has 0 saturated heterocycles. The molecule has 1 atom stereocenters. The molecule has 0 bridgehead atoms. The molecule has 0 aromatic heterocycles. The molecule has 1 heterocycles. The van der Waals surface area contributed by atoms with Gasteiger partial charge in [0, 0.05) is 5.56 Å². The predicted molar refractivity (Wildman–Crippen MR) is 79.2 cm³/mol. The Kier molecular flexibility index (Phi) is 4.93. The van der Waals surface area contributed by atoms with Gasteiger partial charge in [0.25, 0.3) is 0 Å². The van der Waals surface area contributed by atoms with E-state index in [2.05, 4.69) is 10.2 Å². The summed E-state index contributed by atoms with van der Waals surface area (Å²) in [4.78, 5) is 1.91. The predicted octanol–water partition coefficient (Wildman–Crippen LogP) is 5.37. The molecule has 0 aliphatic carbocycles. The monoisotopic (exact) mass is 378 g/mol. The molecule has 0 amide bonds. The second kappa shape index (κ2) is 5.87. The Morgan fingerprint density at radius 3 is 2.04 bits per heavy atom. The van der Waals surface area contributed by atoms with Crippen LogP contribution in [0.25, 0.3) is 0 Å². The fraction of sp³-hybridized carbons (Fsp3) is 0.417. The quantitative estimate of drug-likeness (QED) is 0.217. The summed E-state index contributed by atoms with van der Waals surface area (Å²) in [6.07, 6.45) is -0.342. The second-order valence-corrected chi connectivity index (χ2v) is 7.19. The molecule has 12 heteroatoms. The number of amidine groups is 1. The van der Waals surface area contributed by atoms with Crippen LogP contribution in [0, 0.1) is 0 Å². The summed E-state index contributed by atoms with van der Waals surface area (Å²) in [5.41, 5.74) is 1.89. The first-order valence-electron chi connectivity index (χ1n) is 6.49. The van der Waals surface area contributed by atoms with E-state index in [9.17, 15) is 25.2 Å². The van der Waals surface area contributed by atoms with Crippen LogP contribution in [0.5, 0.6) is 0 Å². The molecule has 0 spiro atoms. The minimum absolute atomic E-state index is 0.342. The van der Waals surface area contributed by atoms with Crippen LogP contribution in [0.3, 0.4) is 0 Å². The van der Waals surface area contributed by atoms with Crippen molar-refractivity contribution in [3.05, 3.63) is 29.8 Å². The number of rotatable bonds is 1. The van der Waals surface area contributed by atoms with Gasteiger partial charge in [-0.1, -0.05) is 18.2 Å². The van der Waals surface area contributed by atoms with Crippen molar-refractivity contribution in [2.75, 3.05) is 28.2 Å². The number of halogens is 6. The third-order valence-electron chi connectivity index (χ3n) is 2.46. The van der Waals surface area contributed by atoms with Crippen molar-refractivity contribution in [3.63, 3.8) is 0 Å². The van der Waals surface area contributed by atoms with Crippen LogP contribution in [-0.2, 0) is 4.74 Å². The Hall–Kier alpha value is -1.90. The van der Waals surface area contributed by atoms with Crippen molar-refractivity contribution in [3.8, 4) is 0 Å². The molecular weight excluding hydrogens is 361 g/mol. The zero-order valence-corrected chi connectivity index (χ0v) is 14.2. The standard InChI is InChI=1S/C12H17N4O.F6P/c1-15(2)12(16(3)4)17-11-9-7-5-6-8-10(9)13-14-11;1-7(2,3,4,5)6/h5-8,11H,1-4H3;/q+1;-1. The molecule has 1 aliphatic rings. The molecule has 0 N–H and O–H groups in total. The summed E-state index contributed by atoms with van der Waals surface area (Å²) in [6, 6.07) is 8.60. The van der Waals surface area contributed by atoms with Crippen molar-refractivity contribution in [1.29, 1.82) is 0 Å². The van der Waals surface area contributed by atoms with Gasteiger partial charge in [-0.25, -0.2) is 9.48 Å². The first kappa shape index (κ1) is 20.1. The Morgan fingerprint density at radius 1 is 1.08 bits per heavy atom. The Bertz CT molecular complexity index is 656. The number of azo groups is 1. The van der Waals surface area contributed by atoms with Gasteiger partial charge in [-0.3, -0.25) is 0 Å². The van der Waals surface area contributed by atoms with Crippen molar-refractivity contribution in [1.82, 2.24) is 4.90 Å². The van der Waals surface area contributed by atoms with Crippen LogP contribution in [0.4, 0.5) is 30.9 Å². The molecule has 5 nitrogen and oxygen atoms in total. The Morgan fingerprint density at radius 2 is 1.58 bits per heavy atom.